The Bertz CT molecular complexity index is 481. The van der Waals surface area contributed by atoms with Crippen molar-refractivity contribution >= 4 is 15.4 Å². The van der Waals surface area contributed by atoms with E-state index in [1.165, 1.54) is 6.26 Å². The van der Waals surface area contributed by atoms with Gasteiger partial charge in [0.15, 0.2) is 0 Å². The smallest absolute Gasteiger partial charge is 0.143 e. The lowest BCUT2D eigenvalue weighted by atomic mass is 10.2. The first-order valence-electron chi connectivity index (χ1n) is 5.50. The maximum absolute atomic E-state index is 11.6. The summed E-state index contributed by atoms with van der Waals surface area (Å²) in [5, 5.41) is 3.26. The van der Waals surface area contributed by atoms with Gasteiger partial charge in [-0.2, -0.15) is 0 Å². The van der Waals surface area contributed by atoms with Crippen LogP contribution >= 0.6 is 0 Å². The molecule has 0 aliphatic heterocycles. The second-order valence-corrected chi connectivity index (χ2v) is 6.64. The van der Waals surface area contributed by atoms with E-state index in [4.69, 9.17) is 9.52 Å². The van der Waals surface area contributed by atoms with Crippen LogP contribution in [0.1, 0.15) is 13.8 Å². The molecule has 4 nitrogen and oxygen atoms in total. The molecule has 0 spiro atoms. The van der Waals surface area contributed by atoms with E-state index < -0.39 is 9.73 Å². The number of methoxy groups -OCH3 is 1. The zero-order valence-corrected chi connectivity index (χ0v) is 11.6. The summed E-state index contributed by atoms with van der Waals surface area (Å²) >= 11 is 0. The molecule has 0 saturated carbocycles. The number of anilines is 1. The van der Waals surface area contributed by atoms with Crippen LogP contribution < -0.4 is 10.1 Å². The average molecular weight is 256 g/mol. The van der Waals surface area contributed by atoms with Crippen LogP contribution in [0.15, 0.2) is 23.1 Å². The van der Waals surface area contributed by atoms with E-state index in [9.17, 15) is 4.21 Å². The zero-order valence-electron chi connectivity index (χ0n) is 10.7. The highest BCUT2D eigenvalue weighted by Gasteiger charge is 2.09. The summed E-state index contributed by atoms with van der Waals surface area (Å²) in [4.78, 5) is 0.490. The van der Waals surface area contributed by atoms with Crippen LogP contribution in [0.3, 0.4) is 0 Å². The van der Waals surface area contributed by atoms with Gasteiger partial charge in [-0.05, 0) is 24.1 Å². The molecule has 17 heavy (non-hydrogen) atoms. The van der Waals surface area contributed by atoms with Gasteiger partial charge in [-0.1, -0.05) is 13.8 Å². The Morgan fingerprint density at radius 1 is 1.47 bits per heavy atom. The number of hydrogen-bond donors (Lipinski definition) is 2. The first kappa shape index (κ1) is 13.8. The quantitative estimate of drug-likeness (QED) is 0.851. The second kappa shape index (κ2) is 5.40. The van der Waals surface area contributed by atoms with Gasteiger partial charge in [-0.25, -0.2) is 8.99 Å². The predicted molar refractivity (Wildman–Crippen MR) is 71.4 cm³/mol. The van der Waals surface area contributed by atoms with Crippen molar-refractivity contribution in [3.8, 4) is 5.75 Å². The molecular weight excluding hydrogens is 236 g/mol. The minimum absolute atomic E-state index is 0.490. The molecule has 1 unspecified atom stereocenters. The van der Waals surface area contributed by atoms with Gasteiger partial charge in [0, 0.05) is 12.8 Å². The first-order valence-corrected chi connectivity index (χ1v) is 7.47. The summed E-state index contributed by atoms with van der Waals surface area (Å²) in [5.74, 6) is 1.16. The molecule has 0 aromatic heterocycles. The summed E-state index contributed by atoms with van der Waals surface area (Å²) in [6.45, 7) is 5.09. The Morgan fingerprint density at radius 3 is 2.59 bits per heavy atom. The van der Waals surface area contributed by atoms with Crippen LogP contribution in [0.2, 0.25) is 0 Å². The standard InChI is InChI=1S/C12H20N2O2S/c1-9(2)8-14-11-6-5-10(17(4,13)15)7-12(11)16-3/h5-7,9,13-14H,8H2,1-4H3. The molecule has 0 radical (unpaired) electrons. The van der Waals surface area contributed by atoms with Crippen LogP contribution in [0.4, 0.5) is 5.69 Å². The maximum atomic E-state index is 11.6. The monoisotopic (exact) mass is 256 g/mol. The Kier molecular flexibility index (Phi) is 4.40. The van der Waals surface area contributed by atoms with E-state index >= 15 is 0 Å². The SMILES string of the molecule is COc1cc(S(C)(=N)=O)ccc1NCC(C)C. The van der Waals surface area contributed by atoms with E-state index in [0.717, 1.165) is 12.2 Å². The van der Waals surface area contributed by atoms with Crippen LogP contribution in [-0.2, 0) is 9.73 Å². The third-order valence-electron chi connectivity index (χ3n) is 2.32. The van der Waals surface area contributed by atoms with E-state index in [1.54, 1.807) is 19.2 Å². The molecule has 0 saturated heterocycles. The molecular formula is C12H20N2O2S. The van der Waals surface area contributed by atoms with Crippen molar-refractivity contribution in [3.05, 3.63) is 18.2 Å². The van der Waals surface area contributed by atoms with Crippen molar-refractivity contribution in [2.45, 2.75) is 18.7 Å². The first-order chi connectivity index (χ1) is 7.84. The summed E-state index contributed by atoms with van der Waals surface area (Å²) < 4.78 is 24.4. The lowest BCUT2D eigenvalue weighted by Gasteiger charge is -2.14. The molecule has 0 amide bonds. The van der Waals surface area contributed by atoms with Gasteiger partial charge in [-0.15, -0.1) is 0 Å². The zero-order chi connectivity index (χ0) is 13.1. The average Bonchev–Trinajstić information content (AvgIpc) is 2.24. The van der Waals surface area contributed by atoms with Crippen molar-refractivity contribution in [3.63, 3.8) is 0 Å². The minimum atomic E-state index is -2.69. The lowest BCUT2D eigenvalue weighted by molar-refractivity contribution is 0.415. The molecule has 1 atom stereocenters. The van der Waals surface area contributed by atoms with E-state index in [-0.39, 0.29) is 0 Å². The Hall–Kier alpha value is -1.23. The second-order valence-electron chi connectivity index (χ2n) is 4.48. The van der Waals surface area contributed by atoms with Gasteiger partial charge < -0.3 is 10.1 Å². The lowest BCUT2D eigenvalue weighted by Crippen LogP contribution is -2.09. The predicted octanol–water partition coefficient (Wildman–Crippen LogP) is 2.80. The van der Waals surface area contributed by atoms with Crippen molar-refractivity contribution in [1.82, 2.24) is 0 Å². The number of ether oxygens (including phenoxy) is 1. The molecule has 5 heteroatoms. The van der Waals surface area contributed by atoms with Crippen molar-refractivity contribution in [1.29, 1.82) is 4.78 Å². The molecule has 2 N–H and O–H groups in total. The van der Waals surface area contributed by atoms with Crippen LogP contribution in [-0.4, -0.2) is 24.1 Å². The summed E-state index contributed by atoms with van der Waals surface area (Å²) in [7, 11) is -1.12. The fourth-order valence-electron chi connectivity index (χ4n) is 1.37. The Morgan fingerprint density at radius 2 is 2.12 bits per heavy atom. The molecule has 96 valence electrons. The number of nitrogens with one attached hydrogen (secondary N) is 2. The third-order valence-corrected chi connectivity index (χ3v) is 3.48. The fraction of sp³-hybridized carbons (Fsp3) is 0.500. The highest BCUT2D eigenvalue weighted by atomic mass is 32.2. The summed E-state index contributed by atoms with van der Waals surface area (Å²) in [6, 6.07) is 5.19. The Labute approximate surface area is 103 Å². The molecule has 0 heterocycles. The van der Waals surface area contributed by atoms with Crippen LogP contribution in [0, 0.1) is 10.7 Å². The summed E-state index contributed by atoms with van der Waals surface area (Å²) in [6.07, 6.45) is 1.41. The molecule has 1 rings (SSSR count). The molecule has 0 fully saturated rings. The Balaban J connectivity index is 3.02. The van der Waals surface area contributed by atoms with E-state index in [2.05, 4.69) is 19.2 Å². The molecule has 1 aromatic carbocycles. The van der Waals surface area contributed by atoms with Crippen molar-refractivity contribution in [2.24, 2.45) is 5.92 Å². The van der Waals surface area contributed by atoms with Crippen LogP contribution in [0.25, 0.3) is 0 Å². The third kappa shape index (κ3) is 3.93. The van der Waals surface area contributed by atoms with Gasteiger partial charge in [0.1, 0.15) is 5.75 Å². The summed E-state index contributed by atoms with van der Waals surface area (Å²) in [5.41, 5.74) is 0.869. The number of rotatable bonds is 5. The van der Waals surface area contributed by atoms with Gasteiger partial charge in [0.25, 0.3) is 0 Å². The van der Waals surface area contributed by atoms with Crippen molar-refractivity contribution < 1.29 is 8.95 Å². The normalized spacial score (nSPS) is 14.4. The number of benzene rings is 1. The highest BCUT2D eigenvalue weighted by molar-refractivity contribution is 7.91. The largest absolute Gasteiger partial charge is 0.495 e. The van der Waals surface area contributed by atoms with Gasteiger partial charge in [-0.3, -0.25) is 0 Å². The molecule has 1 aromatic rings. The topological polar surface area (TPSA) is 62.2 Å². The van der Waals surface area contributed by atoms with Crippen LogP contribution in [0.5, 0.6) is 5.75 Å². The maximum Gasteiger partial charge on any atom is 0.143 e. The van der Waals surface area contributed by atoms with Gasteiger partial charge >= 0.3 is 0 Å². The van der Waals surface area contributed by atoms with E-state index in [0.29, 0.717) is 16.6 Å². The van der Waals surface area contributed by atoms with Gasteiger partial charge in [0.05, 0.1) is 27.4 Å². The van der Waals surface area contributed by atoms with Crippen molar-refractivity contribution in [2.75, 3.05) is 25.2 Å². The molecule has 0 aliphatic rings. The number of hydrogen-bond acceptors (Lipinski definition) is 4. The fourth-order valence-corrected chi connectivity index (χ4v) is 2.03. The highest BCUT2D eigenvalue weighted by Crippen LogP contribution is 2.27. The molecule has 0 bridgehead atoms. The van der Waals surface area contributed by atoms with E-state index in [1.807, 2.05) is 6.07 Å². The van der Waals surface area contributed by atoms with Gasteiger partial charge in [0.2, 0.25) is 0 Å². The minimum Gasteiger partial charge on any atom is -0.495 e. The molecule has 0 aliphatic carbocycles.